The zero-order chi connectivity index (χ0) is 11.4. The lowest BCUT2D eigenvalue weighted by atomic mass is 10.3. The summed E-state index contributed by atoms with van der Waals surface area (Å²) in [6, 6.07) is 1.68. The van der Waals surface area contributed by atoms with Gasteiger partial charge < -0.3 is 5.11 Å². The Morgan fingerprint density at radius 1 is 1.50 bits per heavy atom. The van der Waals surface area contributed by atoms with Crippen molar-refractivity contribution >= 4 is 10.0 Å². The van der Waals surface area contributed by atoms with Gasteiger partial charge in [-0.25, -0.2) is 12.7 Å². The maximum absolute atomic E-state index is 11.5. The second-order valence-electron chi connectivity index (χ2n) is 3.28. The first-order valence-corrected chi connectivity index (χ1v) is 5.85. The van der Waals surface area contributed by atoms with Crippen molar-refractivity contribution in [2.45, 2.75) is 31.6 Å². The van der Waals surface area contributed by atoms with Gasteiger partial charge in [0, 0.05) is 13.6 Å². The van der Waals surface area contributed by atoms with E-state index in [1.807, 2.05) is 0 Å². The summed E-state index contributed by atoms with van der Waals surface area (Å²) in [6.45, 7) is 3.16. The highest BCUT2D eigenvalue weighted by Crippen LogP contribution is 2.07. The van der Waals surface area contributed by atoms with Crippen molar-refractivity contribution < 1.29 is 13.5 Å². The normalized spacial score (nSPS) is 16.3. The largest absolute Gasteiger partial charge is 0.393 e. The average Bonchev–Trinajstić information content (AvgIpc) is 2.12. The second kappa shape index (κ2) is 5.29. The van der Waals surface area contributed by atoms with Gasteiger partial charge in [-0.2, -0.15) is 5.26 Å². The Bertz CT molecular complexity index is 305. The predicted molar refractivity (Wildman–Crippen MR) is 52.9 cm³/mol. The molecule has 2 unspecified atom stereocenters. The molecule has 0 spiro atoms. The third kappa shape index (κ3) is 3.62. The zero-order valence-corrected chi connectivity index (χ0v) is 9.45. The highest BCUT2D eigenvalue weighted by Gasteiger charge is 2.25. The number of rotatable bonds is 5. The fourth-order valence-corrected chi connectivity index (χ4v) is 1.87. The molecule has 0 rings (SSSR count). The summed E-state index contributed by atoms with van der Waals surface area (Å²) in [5.74, 6) is 0. The fourth-order valence-electron chi connectivity index (χ4n) is 0.832. The topological polar surface area (TPSA) is 81.4 Å². The molecule has 0 fully saturated rings. The molecule has 0 aromatic carbocycles. The van der Waals surface area contributed by atoms with E-state index in [0.717, 1.165) is 4.31 Å². The first kappa shape index (κ1) is 13.4. The second-order valence-corrected chi connectivity index (χ2v) is 5.64. The van der Waals surface area contributed by atoms with Crippen molar-refractivity contribution in [3.8, 4) is 6.07 Å². The smallest absolute Gasteiger partial charge is 0.229 e. The van der Waals surface area contributed by atoms with Gasteiger partial charge in [0.25, 0.3) is 0 Å². The van der Waals surface area contributed by atoms with Crippen LogP contribution in [0.5, 0.6) is 0 Å². The molecule has 0 heterocycles. The third-order valence-corrected chi connectivity index (χ3v) is 3.98. The van der Waals surface area contributed by atoms with Crippen LogP contribution in [0.3, 0.4) is 0 Å². The van der Waals surface area contributed by atoms with E-state index in [2.05, 4.69) is 0 Å². The number of aliphatic hydroxyl groups is 1. The monoisotopic (exact) mass is 220 g/mol. The molecule has 2 atom stereocenters. The molecule has 5 nitrogen and oxygen atoms in total. The molecule has 0 amide bonds. The minimum atomic E-state index is -3.52. The van der Waals surface area contributed by atoms with Crippen molar-refractivity contribution in [1.29, 1.82) is 5.26 Å². The molecule has 6 heteroatoms. The van der Waals surface area contributed by atoms with E-state index in [9.17, 15) is 8.42 Å². The summed E-state index contributed by atoms with van der Waals surface area (Å²) in [7, 11) is -2.12. The van der Waals surface area contributed by atoms with Crippen LogP contribution in [-0.4, -0.2) is 42.8 Å². The highest BCUT2D eigenvalue weighted by molar-refractivity contribution is 7.89. The van der Waals surface area contributed by atoms with Gasteiger partial charge >= 0.3 is 0 Å². The van der Waals surface area contributed by atoms with Gasteiger partial charge in [0.2, 0.25) is 10.0 Å². The van der Waals surface area contributed by atoms with Gasteiger partial charge in [0.1, 0.15) is 0 Å². The molecule has 0 saturated heterocycles. The van der Waals surface area contributed by atoms with Crippen molar-refractivity contribution in [1.82, 2.24) is 4.31 Å². The number of nitrogens with zero attached hydrogens (tertiary/aromatic N) is 2. The maximum atomic E-state index is 11.5. The summed E-state index contributed by atoms with van der Waals surface area (Å²) >= 11 is 0. The van der Waals surface area contributed by atoms with Crippen LogP contribution in [-0.2, 0) is 10.0 Å². The Kier molecular flexibility index (Phi) is 5.05. The van der Waals surface area contributed by atoms with Crippen LogP contribution in [0, 0.1) is 11.3 Å². The van der Waals surface area contributed by atoms with Gasteiger partial charge in [-0.05, 0) is 20.3 Å². The molecular formula is C8H16N2O3S. The SMILES string of the molecule is CC(O)CCN(C)S(=O)(=O)C(C)C#N. The number of hydrogen-bond donors (Lipinski definition) is 1. The van der Waals surface area contributed by atoms with Gasteiger partial charge in [-0.3, -0.25) is 0 Å². The number of aliphatic hydroxyl groups excluding tert-OH is 1. The van der Waals surface area contributed by atoms with E-state index in [-0.39, 0.29) is 6.54 Å². The fraction of sp³-hybridized carbons (Fsp3) is 0.875. The van der Waals surface area contributed by atoms with Crippen molar-refractivity contribution in [2.24, 2.45) is 0 Å². The van der Waals surface area contributed by atoms with Crippen molar-refractivity contribution in [2.75, 3.05) is 13.6 Å². The molecule has 0 aromatic rings. The minimum Gasteiger partial charge on any atom is -0.393 e. The number of sulfonamides is 1. The van der Waals surface area contributed by atoms with Crippen LogP contribution < -0.4 is 0 Å². The summed E-state index contributed by atoms with van der Waals surface area (Å²) in [5, 5.41) is 16.4. The Morgan fingerprint density at radius 3 is 2.36 bits per heavy atom. The number of hydrogen-bond acceptors (Lipinski definition) is 4. The van der Waals surface area contributed by atoms with E-state index < -0.39 is 21.4 Å². The lowest BCUT2D eigenvalue weighted by molar-refractivity contribution is 0.177. The molecule has 14 heavy (non-hydrogen) atoms. The molecule has 0 aromatic heterocycles. The summed E-state index contributed by atoms with van der Waals surface area (Å²) in [6.07, 6.45) is -0.168. The van der Waals surface area contributed by atoms with Crippen LogP contribution in [0.15, 0.2) is 0 Å². The molecule has 0 radical (unpaired) electrons. The zero-order valence-electron chi connectivity index (χ0n) is 8.64. The quantitative estimate of drug-likeness (QED) is 0.703. The first-order valence-electron chi connectivity index (χ1n) is 4.35. The molecule has 0 bridgehead atoms. The van der Waals surface area contributed by atoms with Gasteiger partial charge in [0.15, 0.2) is 5.25 Å². The Hall–Kier alpha value is -0.640. The highest BCUT2D eigenvalue weighted by atomic mass is 32.2. The van der Waals surface area contributed by atoms with Crippen LogP contribution in [0.2, 0.25) is 0 Å². The molecule has 0 aliphatic rings. The molecule has 0 aliphatic heterocycles. The molecule has 82 valence electrons. The van der Waals surface area contributed by atoms with Gasteiger partial charge in [-0.1, -0.05) is 0 Å². The Balaban J connectivity index is 4.39. The Morgan fingerprint density at radius 2 is 2.00 bits per heavy atom. The average molecular weight is 220 g/mol. The van der Waals surface area contributed by atoms with Crippen LogP contribution >= 0.6 is 0 Å². The summed E-state index contributed by atoms with van der Waals surface area (Å²) in [5.41, 5.74) is 0. The van der Waals surface area contributed by atoms with Gasteiger partial charge in [-0.15, -0.1) is 0 Å². The summed E-state index contributed by atoms with van der Waals surface area (Å²) in [4.78, 5) is 0. The molecular weight excluding hydrogens is 204 g/mol. The van der Waals surface area contributed by atoms with Crippen LogP contribution in [0.1, 0.15) is 20.3 Å². The van der Waals surface area contributed by atoms with Crippen LogP contribution in [0.25, 0.3) is 0 Å². The van der Waals surface area contributed by atoms with E-state index in [1.165, 1.54) is 14.0 Å². The van der Waals surface area contributed by atoms with E-state index in [4.69, 9.17) is 10.4 Å². The molecule has 1 N–H and O–H groups in total. The Labute approximate surface area is 85.0 Å². The van der Waals surface area contributed by atoms with Crippen molar-refractivity contribution in [3.05, 3.63) is 0 Å². The van der Waals surface area contributed by atoms with E-state index in [1.54, 1.807) is 13.0 Å². The lowest BCUT2D eigenvalue weighted by Crippen LogP contribution is -2.35. The third-order valence-electron chi connectivity index (χ3n) is 1.92. The van der Waals surface area contributed by atoms with Gasteiger partial charge in [0.05, 0.1) is 12.2 Å². The van der Waals surface area contributed by atoms with E-state index >= 15 is 0 Å². The maximum Gasteiger partial charge on any atom is 0.229 e. The van der Waals surface area contributed by atoms with Crippen molar-refractivity contribution in [3.63, 3.8) is 0 Å². The van der Waals surface area contributed by atoms with E-state index in [0.29, 0.717) is 6.42 Å². The molecule has 0 saturated carbocycles. The predicted octanol–water partition coefficient (Wildman–Crippen LogP) is -0.0690. The summed E-state index contributed by atoms with van der Waals surface area (Å²) < 4.78 is 24.1. The minimum absolute atomic E-state index is 0.228. The first-order chi connectivity index (χ1) is 6.32. The number of nitriles is 1. The molecule has 0 aliphatic carbocycles. The standard InChI is InChI=1S/C8H16N2O3S/c1-7(11)4-5-10(3)14(12,13)8(2)6-9/h7-8,11H,4-5H2,1-3H3. The lowest BCUT2D eigenvalue weighted by Gasteiger charge is -2.18. The van der Waals surface area contributed by atoms with Crippen LogP contribution in [0.4, 0.5) is 0 Å².